The quantitative estimate of drug-likeness (QED) is 0.803. The monoisotopic (exact) mass is 283 g/mol. The second kappa shape index (κ2) is 5.11. The molecule has 0 atom stereocenters. The fraction of sp³-hybridized carbons (Fsp3) is 0.286. The van der Waals surface area contributed by atoms with Crippen LogP contribution in [0.3, 0.4) is 0 Å². The first-order valence-electron chi connectivity index (χ1n) is 5.96. The van der Waals surface area contributed by atoms with E-state index in [0.29, 0.717) is 10.9 Å². The van der Waals surface area contributed by atoms with Crippen LogP contribution < -0.4 is 4.74 Å². The number of halogens is 3. The minimum absolute atomic E-state index is 0.0432. The van der Waals surface area contributed by atoms with Gasteiger partial charge in [-0.15, -0.1) is 0 Å². The molecule has 1 heterocycles. The molecule has 0 fully saturated rings. The Bertz CT molecular complexity index is 665. The van der Waals surface area contributed by atoms with Gasteiger partial charge in [-0.05, 0) is 24.3 Å². The van der Waals surface area contributed by atoms with Gasteiger partial charge in [-0.1, -0.05) is 6.92 Å². The number of carbonyl (C=O) groups is 1. The largest absolute Gasteiger partial charge is 0.494 e. The van der Waals surface area contributed by atoms with Crippen molar-refractivity contribution in [2.24, 2.45) is 0 Å². The standard InChI is InChI=1S/C14H12F3NO2/c1-3-10(19)8-4-6-11(20-2)13-9(8)5-7-12(18-13)14(15,16)17/h4-7H,3H2,1-2H3. The zero-order valence-electron chi connectivity index (χ0n) is 10.9. The van der Waals surface area contributed by atoms with Crippen LogP contribution in [0.15, 0.2) is 24.3 Å². The highest BCUT2D eigenvalue weighted by Crippen LogP contribution is 2.33. The Balaban J connectivity index is 2.76. The van der Waals surface area contributed by atoms with Gasteiger partial charge >= 0.3 is 6.18 Å². The molecule has 1 aromatic carbocycles. The second-order valence-corrected chi connectivity index (χ2v) is 4.18. The van der Waals surface area contributed by atoms with Gasteiger partial charge in [0.1, 0.15) is 17.0 Å². The van der Waals surface area contributed by atoms with E-state index in [0.717, 1.165) is 6.07 Å². The molecule has 0 saturated heterocycles. The third kappa shape index (κ3) is 2.45. The minimum atomic E-state index is -4.54. The molecule has 0 amide bonds. The summed E-state index contributed by atoms with van der Waals surface area (Å²) in [6.45, 7) is 1.69. The lowest BCUT2D eigenvalue weighted by Gasteiger charge is -2.11. The van der Waals surface area contributed by atoms with Gasteiger partial charge < -0.3 is 4.74 Å². The average molecular weight is 283 g/mol. The van der Waals surface area contributed by atoms with E-state index in [1.165, 1.54) is 19.2 Å². The zero-order valence-corrected chi connectivity index (χ0v) is 10.9. The van der Waals surface area contributed by atoms with E-state index < -0.39 is 11.9 Å². The van der Waals surface area contributed by atoms with Crippen molar-refractivity contribution in [2.45, 2.75) is 19.5 Å². The van der Waals surface area contributed by atoms with Gasteiger partial charge in [0.25, 0.3) is 0 Å². The van der Waals surface area contributed by atoms with Crippen molar-refractivity contribution in [3.8, 4) is 5.75 Å². The van der Waals surface area contributed by atoms with E-state index in [1.807, 2.05) is 0 Å². The fourth-order valence-corrected chi connectivity index (χ4v) is 1.95. The van der Waals surface area contributed by atoms with Gasteiger partial charge in [0.15, 0.2) is 5.78 Å². The van der Waals surface area contributed by atoms with Gasteiger partial charge in [-0.25, -0.2) is 4.98 Å². The van der Waals surface area contributed by atoms with Crippen molar-refractivity contribution in [1.82, 2.24) is 4.98 Å². The molecule has 0 aliphatic rings. The molecule has 0 bridgehead atoms. The number of alkyl halides is 3. The summed E-state index contributed by atoms with van der Waals surface area (Å²) in [4.78, 5) is 15.4. The Kier molecular flexibility index (Phi) is 3.65. The molecule has 0 unspecified atom stereocenters. The predicted octanol–water partition coefficient (Wildman–Crippen LogP) is 3.85. The summed E-state index contributed by atoms with van der Waals surface area (Å²) in [5.74, 6) is 0.0537. The first kappa shape index (κ1) is 14.3. The van der Waals surface area contributed by atoms with Crippen molar-refractivity contribution in [2.75, 3.05) is 7.11 Å². The maximum absolute atomic E-state index is 12.7. The van der Waals surface area contributed by atoms with Crippen LogP contribution in [0.5, 0.6) is 5.75 Å². The number of aromatic nitrogens is 1. The van der Waals surface area contributed by atoms with Crippen LogP contribution in [0.25, 0.3) is 10.9 Å². The van der Waals surface area contributed by atoms with Crippen LogP contribution in [0.4, 0.5) is 13.2 Å². The van der Waals surface area contributed by atoms with Crippen LogP contribution in [0.1, 0.15) is 29.4 Å². The van der Waals surface area contributed by atoms with Crippen LogP contribution in [-0.2, 0) is 6.18 Å². The summed E-state index contributed by atoms with van der Waals surface area (Å²) in [6, 6.07) is 5.13. The number of pyridine rings is 1. The van der Waals surface area contributed by atoms with E-state index in [1.54, 1.807) is 13.0 Å². The van der Waals surface area contributed by atoms with E-state index >= 15 is 0 Å². The molecule has 0 radical (unpaired) electrons. The van der Waals surface area contributed by atoms with E-state index in [9.17, 15) is 18.0 Å². The van der Waals surface area contributed by atoms with Gasteiger partial charge in [-0.3, -0.25) is 4.79 Å². The molecule has 6 heteroatoms. The van der Waals surface area contributed by atoms with Crippen LogP contribution in [0.2, 0.25) is 0 Å². The first-order valence-corrected chi connectivity index (χ1v) is 5.96. The SMILES string of the molecule is CCC(=O)c1ccc(OC)c2nc(C(F)(F)F)ccc12. The highest BCUT2D eigenvalue weighted by molar-refractivity contribution is 6.08. The number of nitrogens with zero attached hydrogens (tertiary/aromatic N) is 1. The lowest BCUT2D eigenvalue weighted by molar-refractivity contribution is -0.140. The lowest BCUT2D eigenvalue weighted by Crippen LogP contribution is -2.09. The number of hydrogen-bond donors (Lipinski definition) is 0. The molecule has 1 aromatic heterocycles. The predicted molar refractivity (Wildman–Crippen MR) is 67.9 cm³/mol. The topological polar surface area (TPSA) is 39.2 Å². The van der Waals surface area contributed by atoms with Crippen molar-refractivity contribution < 1.29 is 22.7 Å². The smallest absolute Gasteiger partial charge is 0.433 e. The maximum Gasteiger partial charge on any atom is 0.433 e. The summed E-state index contributed by atoms with van der Waals surface area (Å²) >= 11 is 0. The number of methoxy groups -OCH3 is 1. The number of fused-ring (bicyclic) bond motifs is 1. The molecule has 2 rings (SSSR count). The summed E-state index contributed by atoms with van der Waals surface area (Å²) in [5, 5.41) is 0.365. The van der Waals surface area contributed by atoms with E-state index in [4.69, 9.17) is 4.74 Å². The Morgan fingerprint density at radius 1 is 1.25 bits per heavy atom. The van der Waals surface area contributed by atoms with Gasteiger partial charge in [0.2, 0.25) is 0 Å². The minimum Gasteiger partial charge on any atom is -0.494 e. The van der Waals surface area contributed by atoms with Crippen molar-refractivity contribution in [3.05, 3.63) is 35.5 Å². The van der Waals surface area contributed by atoms with Gasteiger partial charge in [-0.2, -0.15) is 13.2 Å². The van der Waals surface area contributed by atoms with Crippen LogP contribution in [-0.4, -0.2) is 17.9 Å². The number of carbonyl (C=O) groups excluding carboxylic acids is 1. The first-order chi connectivity index (χ1) is 9.38. The molecular weight excluding hydrogens is 271 g/mol. The molecule has 0 aliphatic carbocycles. The van der Waals surface area contributed by atoms with E-state index in [2.05, 4.69) is 4.98 Å². The van der Waals surface area contributed by atoms with Crippen LogP contribution >= 0.6 is 0 Å². The molecule has 106 valence electrons. The fourth-order valence-electron chi connectivity index (χ4n) is 1.95. The van der Waals surface area contributed by atoms with Crippen molar-refractivity contribution >= 4 is 16.7 Å². The molecule has 0 N–H and O–H groups in total. The number of Topliss-reactive ketones (excluding diaryl/α,β-unsaturated/α-hetero) is 1. The number of ether oxygens (including phenoxy) is 1. The summed E-state index contributed by atoms with van der Waals surface area (Å²) in [5.41, 5.74) is -0.615. The van der Waals surface area contributed by atoms with Crippen molar-refractivity contribution in [3.63, 3.8) is 0 Å². The summed E-state index contributed by atoms with van der Waals surface area (Å²) < 4.78 is 43.1. The zero-order chi connectivity index (χ0) is 14.9. The summed E-state index contributed by atoms with van der Waals surface area (Å²) in [7, 11) is 1.35. The molecule has 3 nitrogen and oxygen atoms in total. The third-order valence-electron chi connectivity index (χ3n) is 2.95. The molecular formula is C14H12F3NO2. The number of benzene rings is 1. The normalized spacial score (nSPS) is 11.7. The average Bonchev–Trinajstić information content (AvgIpc) is 2.43. The number of rotatable bonds is 3. The number of ketones is 1. The van der Waals surface area contributed by atoms with Crippen molar-refractivity contribution in [1.29, 1.82) is 0 Å². The molecule has 20 heavy (non-hydrogen) atoms. The third-order valence-corrected chi connectivity index (χ3v) is 2.95. The maximum atomic E-state index is 12.7. The highest BCUT2D eigenvalue weighted by atomic mass is 19.4. The van der Waals surface area contributed by atoms with Gasteiger partial charge in [0, 0.05) is 17.4 Å². The van der Waals surface area contributed by atoms with Gasteiger partial charge in [0.05, 0.1) is 7.11 Å². The lowest BCUT2D eigenvalue weighted by atomic mass is 10.0. The molecule has 0 spiro atoms. The molecule has 0 saturated carbocycles. The van der Waals surface area contributed by atoms with Crippen LogP contribution in [0, 0.1) is 0 Å². The second-order valence-electron chi connectivity index (χ2n) is 4.18. The Hall–Kier alpha value is -2.11. The number of hydrogen-bond acceptors (Lipinski definition) is 3. The molecule has 0 aliphatic heterocycles. The Labute approximate surface area is 113 Å². The van der Waals surface area contributed by atoms with E-state index in [-0.39, 0.29) is 23.5 Å². The summed E-state index contributed by atoms with van der Waals surface area (Å²) in [6.07, 6.45) is -4.27. The highest BCUT2D eigenvalue weighted by Gasteiger charge is 2.33. The molecule has 2 aromatic rings. The Morgan fingerprint density at radius 2 is 1.95 bits per heavy atom. The Morgan fingerprint density at radius 3 is 2.50 bits per heavy atom.